The molecule has 0 bridgehead atoms. The normalized spacial score (nSPS) is 10.6. The maximum Gasteiger partial charge on any atom is 0.224 e. The molecular formula is C25H28AsFN2O8. The number of aliphatic hydroxyl groups excluding tert-OH is 1. The van der Waals surface area contributed by atoms with Crippen molar-refractivity contribution in [3.8, 4) is 11.5 Å². The molecule has 0 atom stereocenters. The van der Waals surface area contributed by atoms with Crippen LogP contribution in [0.3, 0.4) is 0 Å². The number of nitrogens with one attached hydrogen (secondary N) is 2. The third-order valence-electron chi connectivity index (χ3n) is 4.63. The Morgan fingerprint density at radius 3 is 2.27 bits per heavy atom. The number of hydrogen-bond acceptors (Lipinski definition) is 6. The van der Waals surface area contributed by atoms with Crippen LogP contribution < -0.4 is 19.7 Å². The molecule has 0 fully saturated rings. The van der Waals surface area contributed by atoms with Crippen molar-refractivity contribution in [1.29, 1.82) is 0 Å². The average Bonchev–Trinajstić information content (AvgIpc) is 2.83. The van der Waals surface area contributed by atoms with Crippen molar-refractivity contribution >= 4 is 41.7 Å². The Morgan fingerprint density at radius 1 is 1.00 bits per heavy atom. The Balaban J connectivity index is 0.000000281. The molecule has 2 amide bonds. The summed E-state index contributed by atoms with van der Waals surface area (Å²) < 4.78 is 47.0. The molecule has 0 aliphatic rings. The van der Waals surface area contributed by atoms with E-state index in [4.69, 9.17) is 18.0 Å². The van der Waals surface area contributed by atoms with Crippen LogP contribution in [0.2, 0.25) is 0 Å². The van der Waals surface area contributed by atoms with E-state index in [1.807, 2.05) is 0 Å². The number of aromatic hydroxyl groups is 1. The Hall–Kier alpha value is -3.63. The Kier molecular flexibility index (Phi) is 11.4. The second-order valence-corrected chi connectivity index (χ2v) is 11.0. The number of amides is 2. The van der Waals surface area contributed by atoms with E-state index in [2.05, 4.69) is 10.6 Å². The van der Waals surface area contributed by atoms with Crippen LogP contribution in [0.25, 0.3) is 0 Å². The zero-order valence-electron chi connectivity index (χ0n) is 19.9. The van der Waals surface area contributed by atoms with Gasteiger partial charge in [-0.1, -0.05) is 12.1 Å². The van der Waals surface area contributed by atoms with Gasteiger partial charge in [-0.25, -0.2) is 4.39 Å². The number of phenols is 1. The van der Waals surface area contributed by atoms with Gasteiger partial charge in [-0.15, -0.1) is 0 Å². The smallest absolute Gasteiger partial charge is 0.224 e. The summed E-state index contributed by atoms with van der Waals surface area (Å²) >= 11 is -5.15. The Labute approximate surface area is 215 Å². The molecule has 37 heavy (non-hydrogen) atoms. The monoisotopic (exact) mass is 578 g/mol. The van der Waals surface area contributed by atoms with Crippen LogP contribution in [-0.4, -0.2) is 51.0 Å². The van der Waals surface area contributed by atoms with E-state index >= 15 is 0 Å². The molecule has 0 saturated heterocycles. The summed E-state index contributed by atoms with van der Waals surface area (Å²) in [6, 6.07) is 17.0. The van der Waals surface area contributed by atoms with Gasteiger partial charge in [-0.05, 0) is 48.4 Å². The van der Waals surface area contributed by atoms with Crippen LogP contribution in [0.5, 0.6) is 11.5 Å². The topological polar surface area (TPSA) is 165 Å². The molecule has 0 radical (unpaired) electrons. The van der Waals surface area contributed by atoms with Gasteiger partial charge in [-0.2, -0.15) is 0 Å². The molecule has 3 aromatic carbocycles. The van der Waals surface area contributed by atoms with Gasteiger partial charge in [-0.3, -0.25) is 4.79 Å². The summed E-state index contributed by atoms with van der Waals surface area (Å²) in [5.74, 6) is -0.803. The molecule has 0 spiro atoms. The number of hydrogen-bond donors (Lipinski definition) is 6. The number of ether oxygens (including phenoxy) is 1. The van der Waals surface area contributed by atoms with Crippen molar-refractivity contribution in [2.75, 3.05) is 17.2 Å². The minimum atomic E-state index is -5.15. The predicted molar refractivity (Wildman–Crippen MR) is 135 cm³/mol. The van der Waals surface area contributed by atoms with Crippen LogP contribution in [0.15, 0.2) is 66.7 Å². The van der Waals surface area contributed by atoms with E-state index in [1.54, 1.807) is 36.4 Å². The number of rotatable bonds is 9. The minimum absolute atomic E-state index is 0.000276. The first-order valence-electron chi connectivity index (χ1n) is 11.0. The largest absolute Gasteiger partial charge is 0.489 e. The first-order valence-corrected chi connectivity index (χ1v) is 14.4. The van der Waals surface area contributed by atoms with Gasteiger partial charge < -0.3 is 15.2 Å². The fraction of sp³-hybridized carbons (Fsp3) is 0.200. The number of carbonyl (C=O) groups is 2. The van der Waals surface area contributed by atoms with Crippen LogP contribution in [-0.2, 0) is 19.9 Å². The predicted octanol–water partition coefficient (Wildman–Crippen LogP) is 2.03. The number of benzene rings is 3. The van der Waals surface area contributed by atoms with E-state index in [1.165, 1.54) is 31.2 Å². The maximum atomic E-state index is 13.0. The number of phenolic OH excluding ortho intramolecular Hbond substituents is 1. The summed E-state index contributed by atoms with van der Waals surface area (Å²) in [6.45, 7) is 1.51. The van der Waals surface area contributed by atoms with Gasteiger partial charge in [0, 0.05) is 18.7 Å². The standard InChI is InChI=1S/C17H18FNO3.C8H10AsNO5/c18-14-4-1-3-13(11-14)12-22-16-8-6-15(7-9-16)19-17(21)5-2-10-20;1-5(11)10-7-4-2-3-6(8(7)12)9(13,14)15/h1,3-4,6-9,11,20H,2,5,10,12H2,(H,19,21);2-4,12H,1H3,(H,10,11)(H2,13,14,15). The van der Waals surface area contributed by atoms with Gasteiger partial charge in [0.05, 0.1) is 0 Å². The van der Waals surface area contributed by atoms with Crippen molar-refractivity contribution in [3.05, 3.63) is 78.1 Å². The maximum absolute atomic E-state index is 13.0. The molecule has 0 unspecified atom stereocenters. The van der Waals surface area contributed by atoms with Crippen molar-refractivity contribution in [2.24, 2.45) is 0 Å². The quantitative estimate of drug-likeness (QED) is 0.166. The molecule has 0 aliphatic carbocycles. The number of carbonyl (C=O) groups excluding carboxylic acids is 2. The van der Waals surface area contributed by atoms with Gasteiger partial charge >= 0.3 is 88.1 Å². The summed E-state index contributed by atoms with van der Waals surface area (Å²) in [7, 11) is 0. The summed E-state index contributed by atoms with van der Waals surface area (Å²) in [4.78, 5) is 22.2. The molecule has 0 heterocycles. The third-order valence-corrected chi connectivity index (χ3v) is 6.71. The molecule has 0 saturated carbocycles. The van der Waals surface area contributed by atoms with E-state index < -0.39 is 30.2 Å². The number of para-hydroxylation sites is 1. The minimum Gasteiger partial charge on any atom is -0.489 e. The number of anilines is 2. The van der Waals surface area contributed by atoms with Crippen LogP contribution in [0.4, 0.5) is 15.8 Å². The van der Waals surface area contributed by atoms with Gasteiger partial charge in [0.25, 0.3) is 0 Å². The second kappa shape index (κ2) is 14.2. The van der Waals surface area contributed by atoms with Gasteiger partial charge in [0.15, 0.2) is 0 Å². The molecule has 198 valence electrons. The van der Waals surface area contributed by atoms with E-state index in [-0.39, 0.29) is 37.0 Å². The number of halogens is 1. The molecule has 6 N–H and O–H groups in total. The molecular weight excluding hydrogens is 550 g/mol. The fourth-order valence-corrected chi connectivity index (χ4v) is 4.37. The van der Waals surface area contributed by atoms with E-state index in [0.29, 0.717) is 17.9 Å². The van der Waals surface area contributed by atoms with Gasteiger partial charge in [0.1, 0.15) is 18.2 Å². The van der Waals surface area contributed by atoms with Crippen LogP contribution >= 0.6 is 0 Å². The molecule has 3 rings (SSSR count). The third kappa shape index (κ3) is 10.5. The van der Waals surface area contributed by atoms with E-state index in [9.17, 15) is 22.8 Å². The van der Waals surface area contributed by atoms with Crippen molar-refractivity contribution in [3.63, 3.8) is 0 Å². The van der Waals surface area contributed by atoms with Gasteiger partial charge in [0.2, 0.25) is 5.91 Å². The molecule has 3 aromatic rings. The fourth-order valence-electron chi connectivity index (χ4n) is 2.95. The molecule has 0 aromatic heterocycles. The first kappa shape index (κ1) is 29.6. The van der Waals surface area contributed by atoms with Crippen molar-refractivity contribution < 1.29 is 40.9 Å². The Bertz CT molecular complexity index is 1250. The zero-order chi connectivity index (χ0) is 27.4. The summed E-state index contributed by atoms with van der Waals surface area (Å²) in [5, 5.41) is 23.1. The molecule has 0 aliphatic heterocycles. The first-order chi connectivity index (χ1) is 17.5. The SMILES string of the molecule is CC(=O)Nc1cccc([As](=O)(O)O)c1O.O=C(CCCO)Nc1ccc(OCc2cccc(F)c2)cc1. The number of aliphatic hydroxyl groups is 1. The van der Waals surface area contributed by atoms with E-state index in [0.717, 1.165) is 11.6 Å². The van der Waals surface area contributed by atoms with Crippen LogP contribution in [0, 0.1) is 5.82 Å². The molecule has 10 nitrogen and oxygen atoms in total. The summed E-state index contributed by atoms with van der Waals surface area (Å²) in [6.07, 6.45) is 0.731. The molecule has 12 heteroatoms. The Morgan fingerprint density at radius 2 is 1.68 bits per heavy atom. The van der Waals surface area contributed by atoms with Crippen molar-refractivity contribution in [1.82, 2.24) is 0 Å². The summed E-state index contributed by atoms with van der Waals surface area (Å²) in [5.41, 5.74) is 1.41. The average molecular weight is 578 g/mol. The van der Waals surface area contributed by atoms with Crippen molar-refractivity contribution in [2.45, 2.75) is 26.4 Å². The van der Waals surface area contributed by atoms with Crippen LogP contribution in [0.1, 0.15) is 25.3 Å². The zero-order valence-corrected chi connectivity index (χ0v) is 21.8. The second-order valence-electron chi connectivity index (χ2n) is 7.72.